The summed E-state index contributed by atoms with van der Waals surface area (Å²) in [5, 5.41) is 5.16. The van der Waals surface area contributed by atoms with Crippen molar-refractivity contribution in [1.29, 1.82) is 0 Å². The maximum Gasteiger partial charge on any atom is 0.147 e. The van der Waals surface area contributed by atoms with Crippen molar-refractivity contribution in [2.75, 3.05) is 13.7 Å². The second kappa shape index (κ2) is 3.68. The van der Waals surface area contributed by atoms with Gasteiger partial charge in [0.15, 0.2) is 0 Å². The maximum atomic E-state index is 6.14. The van der Waals surface area contributed by atoms with E-state index < -0.39 is 0 Å². The molecular weight excluding hydrogens is 224 g/mol. The summed E-state index contributed by atoms with van der Waals surface area (Å²) < 4.78 is 5.40. The largest absolute Gasteiger partial charge is 0.494 e. The molecule has 1 aromatic carbocycles. The Hall–Kier alpha value is -1.19. The molecule has 0 radical (unpaired) electrons. The lowest BCUT2D eigenvalue weighted by Gasteiger charge is -2.13. The van der Waals surface area contributed by atoms with Gasteiger partial charge in [0.25, 0.3) is 0 Å². The minimum absolute atomic E-state index is 0.669. The van der Waals surface area contributed by atoms with Gasteiger partial charge in [-0.3, -0.25) is 0 Å². The van der Waals surface area contributed by atoms with E-state index in [-0.39, 0.29) is 0 Å². The Kier molecular flexibility index (Phi) is 2.30. The van der Waals surface area contributed by atoms with Gasteiger partial charge in [0.05, 0.1) is 12.1 Å². The van der Waals surface area contributed by atoms with Crippen molar-refractivity contribution >= 4 is 22.5 Å². The molecule has 0 spiro atoms. The number of methoxy groups -OCH3 is 1. The topological polar surface area (TPSA) is 37.0 Å². The van der Waals surface area contributed by atoms with Crippen molar-refractivity contribution < 1.29 is 4.74 Å². The molecule has 0 aliphatic carbocycles. The van der Waals surface area contributed by atoms with Gasteiger partial charge in [0.2, 0.25) is 0 Å². The fourth-order valence-corrected chi connectivity index (χ4v) is 2.62. The van der Waals surface area contributed by atoms with Crippen LogP contribution in [0.4, 0.5) is 0 Å². The van der Waals surface area contributed by atoms with Crippen molar-refractivity contribution in [2.45, 2.75) is 13.0 Å². The van der Waals surface area contributed by atoms with Crippen LogP contribution >= 0.6 is 11.6 Å². The zero-order valence-electron chi connectivity index (χ0n) is 9.06. The molecule has 0 bridgehead atoms. The Morgan fingerprint density at radius 1 is 1.38 bits per heavy atom. The molecule has 2 heterocycles. The Labute approximate surface area is 98.7 Å². The van der Waals surface area contributed by atoms with Crippen molar-refractivity contribution in [3.05, 3.63) is 28.4 Å². The highest BCUT2D eigenvalue weighted by Crippen LogP contribution is 2.37. The molecule has 3 rings (SSSR count). The predicted molar refractivity (Wildman–Crippen MR) is 65.3 cm³/mol. The molecule has 3 nitrogen and oxygen atoms in total. The van der Waals surface area contributed by atoms with Gasteiger partial charge in [-0.05, 0) is 17.7 Å². The SMILES string of the molecule is COc1c(Cl)ccc2[nH]c3c(c12)CNCC3. The van der Waals surface area contributed by atoms with E-state index in [0.29, 0.717) is 5.02 Å². The van der Waals surface area contributed by atoms with Gasteiger partial charge in [0.1, 0.15) is 5.75 Å². The van der Waals surface area contributed by atoms with E-state index in [0.717, 1.165) is 36.2 Å². The van der Waals surface area contributed by atoms with Crippen LogP contribution in [0.1, 0.15) is 11.3 Å². The Balaban J connectivity index is 2.36. The summed E-state index contributed by atoms with van der Waals surface area (Å²) in [7, 11) is 1.66. The summed E-state index contributed by atoms with van der Waals surface area (Å²) >= 11 is 6.14. The van der Waals surface area contributed by atoms with E-state index >= 15 is 0 Å². The highest BCUT2D eigenvalue weighted by molar-refractivity contribution is 6.33. The third kappa shape index (κ3) is 1.32. The zero-order chi connectivity index (χ0) is 11.1. The molecule has 1 aromatic heterocycles. The summed E-state index contributed by atoms with van der Waals surface area (Å²) in [6.45, 7) is 1.90. The first kappa shape index (κ1) is 10.00. The summed E-state index contributed by atoms with van der Waals surface area (Å²) in [5.74, 6) is 0.778. The Morgan fingerprint density at radius 3 is 3.06 bits per heavy atom. The van der Waals surface area contributed by atoms with Crippen LogP contribution in [0.25, 0.3) is 10.9 Å². The van der Waals surface area contributed by atoms with Gasteiger partial charge >= 0.3 is 0 Å². The quantitative estimate of drug-likeness (QED) is 0.798. The average Bonchev–Trinajstić information content (AvgIpc) is 2.68. The first-order chi connectivity index (χ1) is 7.81. The highest BCUT2D eigenvalue weighted by Gasteiger charge is 2.19. The van der Waals surface area contributed by atoms with Gasteiger partial charge in [-0.1, -0.05) is 11.6 Å². The van der Waals surface area contributed by atoms with Gasteiger partial charge < -0.3 is 15.0 Å². The molecule has 4 heteroatoms. The van der Waals surface area contributed by atoms with Crippen LogP contribution in [-0.4, -0.2) is 18.6 Å². The lowest BCUT2D eigenvalue weighted by molar-refractivity contribution is 0.419. The van der Waals surface area contributed by atoms with Gasteiger partial charge in [-0.2, -0.15) is 0 Å². The molecule has 2 aromatic rings. The van der Waals surface area contributed by atoms with Crippen LogP contribution in [0.2, 0.25) is 5.02 Å². The first-order valence-electron chi connectivity index (χ1n) is 5.38. The predicted octanol–water partition coefficient (Wildman–Crippen LogP) is 2.48. The number of rotatable bonds is 1. The number of fused-ring (bicyclic) bond motifs is 3. The molecule has 0 amide bonds. The fraction of sp³-hybridized carbons (Fsp3) is 0.333. The smallest absolute Gasteiger partial charge is 0.147 e. The van der Waals surface area contributed by atoms with E-state index in [4.69, 9.17) is 16.3 Å². The molecule has 1 aliphatic heterocycles. The normalized spacial score (nSPS) is 15.1. The van der Waals surface area contributed by atoms with Gasteiger partial charge in [0, 0.05) is 36.1 Å². The van der Waals surface area contributed by atoms with Crippen LogP contribution in [0.3, 0.4) is 0 Å². The van der Waals surface area contributed by atoms with E-state index in [2.05, 4.69) is 10.3 Å². The van der Waals surface area contributed by atoms with Crippen LogP contribution in [0.5, 0.6) is 5.75 Å². The lowest BCUT2D eigenvalue weighted by atomic mass is 10.1. The van der Waals surface area contributed by atoms with Gasteiger partial charge in [-0.15, -0.1) is 0 Å². The third-order valence-electron chi connectivity index (χ3n) is 3.12. The monoisotopic (exact) mass is 236 g/mol. The number of halogens is 1. The highest BCUT2D eigenvalue weighted by atomic mass is 35.5. The molecule has 0 fully saturated rings. The second-order valence-corrected chi connectivity index (χ2v) is 4.42. The van der Waals surface area contributed by atoms with Crippen LogP contribution in [0, 0.1) is 0 Å². The average molecular weight is 237 g/mol. The summed E-state index contributed by atoms with van der Waals surface area (Å²) in [6, 6.07) is 3.89. The molecule has 1 aliphatic rings. The number of aromatic nitrogens is 1. The van der Waals surface area contributed by atoms with E-state index in [1.165, 1.54) is 11.3 Å². The molecule has 0 atom stereocenters. The van der Waals surface area contributed by atoms with Crippen molar-refractivity contribution in [2.24, 2.45) is 0 Å². The number of hydrogen-bond acceptors (Lipinski definition) is 2. The molecule has 84 valence electrons. The first-order valence-corrected chi connectivity index (χ1v) is 5.75. The number of H-pyrrole nitrogens is 1. The molecule has 0 saturated heterocycles. The van der Waals surface area contributed by atoms with Gasteiger partial charge in [-0.25, -0.2) is 0 Å². The minimum Gasteiger partial charge on any atom is -0.494 e. The third-order valence-corrected chi connectivity index (χ3v) is 3.42. The number of ether oxygens (including phenoxy) is 1. The summed E-state index contributed by atoms with van der Waals surface area (Å²) in [5.41, 5.74) is 3.70. The second-order valence-electron chi connectivity index (χ2n) is 4.01. The van der Waals surface area contributed by atoms with E-state index in [1.54, 1.807) is 7.11 Å². The van der Waals surface area contributed by atoms with Crippen molar-refractivity contribution in [3.63, 3.8) is 0 Å². The van der Waals surface area contributed by atoms with E-state index in [1.807, 2.05) is 12.1 Å². The van der Waals surface area contributed by atoms with Crippen molar-refractivity contribution in [1.82, 2.24) is 10.3 Å². The number of aromatic amines is 1. The van der Waals surface area contributed by atoms with Crippen LogP contribution in [0.15, 0.2) is 12.1 Å². The Bertz CT molecular complexity index is 547. The molecular formula is C12H13ClN2O. The molecule has 2 N–H and O–H groups in total. The Morgan fingerprint density at radius 2 is 2.25 bits per heavy atom. The molecule has 16 heavy (non-hydrogen) atoms. The summed E-state index contributed by atoms with van der Waals surface area (Å²) in [4.78, 5) is 3.44. The molecule has 0 saturated carbocycles. The number of hydrogen-bond donors (Lipinski definition) is 2. The zero-order valence-corrected chi connectivity index (χ0v) is 9.82. The maximum absolute atomic E-state index is 6.14. The molecule has 0 unspecified atom stereocenters. The van der Waals surface area contributed by atoms with Crippen molar-refractivity contribution in [3.8, 4) is 5.75 Å². The van der Waals surface area contributed by atoms with E-state index in [9.17, 15) is 0 Å². The minimum atomic E-state index is 0.669. The standard InChI is InChI=1S/C12H13ClN2O/c1-16-12-8(13)2-3-10-11(12)7-6-14-5-4-9(7)15-10/h2-3,14-15H,4-6H2,1H3. The van der Waals surface area contributed by atoms with Crippen LogP contribution in [-0.2, 0) is 13.0 Å². The summed E-state index contributed by atoms with van der Waals surface area (Å²) in [6.07, 6.45) is 1.03. The lowest BCUT2D eigenvalue weighted by Crippen LogP contribution is -2.22. The fourth-order valence-electron chi connectivity index (χ4n) is 2.38. The number of nitrogens with one attached hydrogen (secondary N) is 2. The number of benzene rings is 1. The van der Waals surface area contributed by atoms with Crippen LogP contribution < -0.4 is 10.1 Å².